The quantitative estimate of drug-likeness (QED) is 0.0183. The van der Waals surface area contributed by atoms with Gasteiger partial charge in [-0.2, -0.15) is 0 Å². The van der Waals surface area contributed by atoms with E-state index < -0.39 is 53.5 Å². The van der Waals surface area contributed by atoms with E-state index >= 15 is 13.2 Å². The Morgan fingerprint density at radius 3 is 1.12 bits per heavy atom. The number of carbonyl (C=O) groups is 9. The van der Waals surface area contributed by atoms with Crippen LogP contribution in [0.1, 0.15) is 212 Å². The minimum Gasteiger partial charge on any atom is -0.387 e. The molecule has 4 aliphatic heterocycles. The molecule has 20 nitrogen and oxygen atoms in total. The van der Waals surface area contributed by atoms with Gasteiger partial charge >= 0.3 is 0 Å². The van der Waals surface area contributed by atoms with Gasteiger partial charge in [0, 0.05) is 113 Å². The van der Waals surface area contributed by atoms with Crippen molar-refractivity contribution >= 4 is 53.2 Å². The molecule has 14 atom stereocenters. The van der Waals surface area contributed by atoms with E-state index in [1.165, 1.54) is 88.2 Å². The lowest BCUT2D eigenvalue weighted by Gasteiger charge is -2.47. The maximum Gasteiger partial charge on any atom is 0.253 e. The number of carbonyl (C=O) groups excluding carboxylic acids is 9. The van der Waals surface area contributed by atoms with E-state index in [1.54, 1.807) is 4.90 Å². The largest absolute Gasteiger partial charge is 0.387 e. The third-order valence-corrected chi connectivity index (χ3v) is 27.6. The van der Waals surface area contributed by atoms with E-state index in [9.17, 15) is 66.5 Å². The Labute approximate surface area is 783 Å². The van der Waals surface area contributed by atoms with Crippen molar-refractivity contribution in [1.82, 2.24) is 34.7 Å². The average molecular weight is 1850 g/mol. The van der Waals surface area contributed by atoms with Crippen LogP contribution in [0.5, 0.6) is 0 Å². The van der Waals surface area contributed by atoms with Crippen LogP contribution in [0.25, 0.3) is 0 Å². The Morgan fingerprint density at radius 1 is 0.398 bits per heavy atom. The van der Waals surface area contributed by atoms with Crippen LogP contribution in [0.15, 0.2) is 176 Å². The fourth-order valence-electron chi connectivity index (χ4n) is 22.2. The summed E-state index contributed by atoms with van der Waals surface area (Å²) >= 11 is 0. The third-order valence-electron chi connectivity index (χ3n) is 27.6. The van der Waals surface area contributed by atoms with Crippen LogP contribution in [-0.2, 0) is 68.8 Å². The molecule has 11 unspecified atom stereocenters. The average Bonchev–Trinajstić information content (AvgIpc) is 1.60. The van der Waals surface area contributed by atoms with E-state index in [1.807, 2.05) is 58.3 Å². The van der Waals surface area contributed by atoms with Gasteiger partial charge in [0.15, 0.2) is 0 Å². The van der Waals surface area contributed by atoms with Gasteiger partial charge in [-0.3, -0.25) is 57.9 Å². The zero-order valence-corrected chi connectivity index (χ0v) is 76.6. The number of imide groups is 3. The number of aliphatic hydroxyl groups excluding tert-OH is 2. The molecule has 6 aromatic rings. The van der Waals surface area contributed by atoms with Gasteiger partial charge in [0.1, 0.15) is 48.1 Å². The topological polar surface area (TPSA) is 278 Å². The van der Waals surface area contributed by atoms with Gasteiger partial charge in [-0.25, -0.2) is 26.3 Å². The number of halogens is 6. The highest BCUT2D eigenvalue weighted by Gasteiger charge is 2.52. The number of rotatable bonds is 35. The van der Waals surface area contributed by atoms with Crippen molar-refractivity contribution in [3.63, 3.8) is 0 Å². The summed E-state index contributed by atoms with van der Waals surface area (Å²) in [6.07, 6.45) is 16.7. The van der Waals surface area contributed by atoms with Crippen LogP contribution in [-0.4, -0.2) is 190 Å². The van der Waals surface area contributed by atoms with Gasteiger partial charge < -0.3 is 41.7 Å². The van der Waals surface area contributed by atoms with Crippen molar-refractivity contribution in [3.8, 4) is 0 Å². The highest BCUT2D eigenvalue weighted by atomic mass is 19.1. The molecule has 7 aliphatic rings. The minimum atomic E-state index is -0.650. The zero-order chi connectivity index (χ0) is 94.1. The molecular formula is C107H143F6N9O11. The Balaban J connectivity index is 0.000000243. The first kappa shape index (κ1) is 108. The summed E-state index contributed by atoms with van der Waals surface area (Å²) in [6, 6.07) is 38.6. The van der Waals surface area contributed by atoms with Crippen molar-refractivity contribution in [3.05, 3.63) is 250 Å². The van der Waals surface area contributed by atoms with E-state index in [-0.39, 0.29) is 189 Å². The standard InChI is InChI=1S/C35H43F2N3O4.C35H45F2N3O4.C34H43F2N3O3.3CH4/c1-35(2,3)34(40(33(44)21-41)20-26-18-38-17-25(26)19-39-31(42)11-12-32(39)43)29-15-24(28-16-27(36)9-10-30(28)37)14-23(29)13-22-7-5-4-6-8-22;1-35(2,3)34(40(16-6-14-38)33(44)22-41)29-20-26(28-21-27(36)10-11-30(28)37)19-25(29)18-24-8-4-7-23(17-24)9-5-15-39-31(42)12-13-32(39)43;1-34(2,3)33(39(18-8-16-37)30(40)11-7-17-38-31(41)14-15-32(38)42)28-21-25(27-22-26(35)12-13-29(27)36)20-24(28)19-23-9-5-4-6-10-23;;;/h4-12,16,23-26,29,34,38,41H,13-15,17-21H2,1-3H3;4,7-8,10-13,17,21,25-26,29,34,41H,5-6,9,14-16,18-20,22,38H2,1-3H3;4-6,9-10,12-15,22,24-25,28,33H,7-8,11,16-21,37H2,1-3H3;3*1H4/t23?,24?,25?,26?,29?,34-;25?,26?,29?,34-;24?,25?,28?,33-;;;/m000.../s1. The first-order valence-corrected chi connectivity index (χ1v) is 46.2. The maximum absolute atomic E-state index is 15.1. The number of aryl methyl sites for hydroxylation is 1. The number of hydrogen-bond donors (Lipinski definition) is 5. The molecule has 0 aromatic heterocycles. The molecule has 0 spiro atoms. The number of amides is 9. The highest BCUT2D eigenvalue weighted by Crippen LogP contribution is 2.55. The van der Waals surface area contributed by atoms with E-state index in [4.69, 9.17) is 11.5 Å². The fraction of sp³-hybridized carbons (Fsp3) is 0.523. The summed E-state index contributed by atoms with van der Waals surface area (Å²) in [4.78, 5) is 122. The van der Waals surface area contributed by atoms with Crippen LogP contribution in [0.4, 0.5) is 26.3 Å². The van der Waals surface area contributed by atoms with Gasteiger partial charge in [0.2, 0.25) is 17.7 Å². The normalized spacial score (nSPS) is 22.2. The predicted octanol–water partition coefficient (Wildman–Crippen LogP) is 16.6. The van der Waals surface area contributed by atoms with Gasteiger partial charge in [-0.05, 0) is 278 Å². The molecular weight excluding hydrogens is 1700 g/mol. The van der Waals surface area contributed by atoms with Crippen LogP contribution in [0, 0.1) is 98.5 Å². The lowest BCUT2D eigenvalue weighted by atomic mass is 9.72. The van der Waals surface area contributed by atoms with Gasteiger partial charge in [-0.15, -0.1) is 0 Å². The Bertz CT molecular complexity index is 4980. The predicted molar refractivity (Wildman–Crippen MR) is 508 cm³/mol. The molecule has 13 rings (SSSR count). The number of nitrogens with zero attached hydrogens (tertiary/aromatic N) is 6. The zero-order valence-electron chi connectivity index (χ0n) is 76.6. The second-order valence-electron chi connectivity index (χ2n) is 39.8. The Morgan fingerprint density at radius 2 is 0.737 bits per heavy atom. The number of nitrogens with two attached hydrogens (primary N) is 2. The van der Waals surface area contributed by atoms with Crippen molar-refractivity contribution in [2.45, 2.75) is 217 Å². The van der Waals surface area contributed by atoms with Gasteiger partial charge in [-0.1, -0.05) is 170 Å². The number of aliphatic hydroxyl groups is 2. The second-order valence-corrected chi connectivity index (χ2v) is 39.8. The van der Waals surface area contributed by atoms with Crippen LogP contribution < -0.4 is 16.8 Å². The van der Waals surface area contributed by atoms with Crippen molar-refractivity contribution in [2.75, 3.05) is 78.7 Å². The monoisotopic (exact) mass is 1840 g/mol. The molecule has 133 heavy (non-hydrogen) atoms. The number of hydrogen-bond acceptors (Lipinski definition) is 14. The van der Waals surface area contributed by atoms with Crippen molar-refractivity contribution in [1.29, 1.82) is 0 Å². The molecule has 0 radical (unpaired) electrons. The van der Waals surface area contributed by atoms with Crippen LogP contribution >= 0.6 is 0 Å². The highest BCUT2D eigenvalue weighted by molar-refractivity contribution is 6.14. The molecule has 4 fully saturated rings. The molecule has 0 bridgehead atoms. The summed E-state index contributed by atoms with van der Waals surface area (Å²) < 4.78 is 88.0. The SMILES string of the molecule is C.C.C.CC(C)(C)[C@H](C1CC(c2cc(F)ccc2F)CC1Cc1cccc(CCCN2C(=O)C=CC2=O)c1)N(CCCN)C(=O)CO.CC(C)(C)[C@H](C1CC(c2cc(F)ccc2F)CC1Cc1ccccc1)N(CC1CNCC1CN1C(=O)C=CC1=O)C(=O)CO.CC(C)(C)[C@H](C1CC(c2cc(F)ccc2F)CC1Cc1ccccc1)N(CCCN)C(=O)CCCN1C(=O)C=CC1=O. The minimum absolute atomic E-state index is 0. The lowest BCUT2D eigenvalue weighted by molar-refractivity contribution is -0.143. The molecule has 26 heteroatoms. The Hall–Kier alpha value is -10.3. The van der Waals surface area contributed by atoms with E-state index in [0.717, 1.165) is 52.6 Å². The lowest BCUT2D eigenvalue weighted by Crippen LogP contribution is -2.55. The number of nitrogens with one attached hydrogen (secondary N) is 1. The fourth-order valence-corrected chi connectivity index (χ4v) is 22.2. The van der Waals surface area contributed by atoms with Crippen molar-refractivity contribution < 1.29 is 79.7 Å². The van der Waals surface area contributed by atoms with E-state index in [0.29, 0.717) is 146 Å². The Kier molecular flexibility index (Phi) is 39.6. The van der Waals surface area contributed by atoms with E-state index in [2.05, 4.69) is 104 Å². The van der Waals surface area contributed by atoms with Gasteiger partial charge in [0.25, 0.3) is 35.4 Å². The first-order chi connectivity index (χ1) is 61.9. The summed E-state index contributed by atoms with van der Waals surface area (Å²) in [5.41, 5.74) is 16.3. The molecule has 724 valence electrons. The maximum atomic E-state index is 15.1. The summed E-state index contributed by atoms with van der Waals surface area (Å²) in [7, 11) is 0. The second kappa shape index (κ2) is 48.8. The summed E-state index contributed by atoms with van der Waals surface area (Å²) in [5.74, 6) is -5.91. The molecule has 4 heterocycles. The first-order valence-electron chi connectivity index (χ1n) is 46.2. The molecule has 9 amide bonds. The third kappa shape index (κ3) is 28.0. The summed E-state index contributed by atoms with van der Waals surface area (Å²) in [6.45, 7) is 21.7. The molecule has 3 aliphatic carbocycles. The smallest absolute Gasteiger partial charge is 0.253 e. The van der Waals surface area contributed by atoms with Crippen LogP contribution in [0.2, 0.25) is 0 Å². The van der Waals surface area contributed by atoms with Gasteiger partial charge in [0.05, 0.1) is 0 Å². The molecule has 6 aromatic carbocycles. The molecule has 7 N–H and O–H groups in total. The molecule has 1 saturated heterocycles. The number of benzene rings is 6. The summed E-state index contributed by atoms with van der Waals surface area (Å²) in [5, 5.41) is 23.5. The molecule has 3 saturated carbocycles. The van der Waals surface area contributed by atoms with Crippen molar-refractivity contribution in [2.24, 2.45) is 75.1 Å². The van der Waals surface area contributed by atoms with Crippen LogP contribution in [0.3, 0.4) is 0 Å².